The molecule has 0 aliphatic carbocycles. The fourth-order valence-electron chi connectivity index (χ4n) is 1.50. The fraction of sp³-hybridized carbons (Fsp3) is 0.0769. The van der Waals surface area contributed by atoms with Gasteiger partial charge >= 0.3 is 5.97 Å². The van der Waals surface area contributed by atoms with E-state index in [0.29, 0.717) is 5.56 Å². The lowest BCUT2D eigenvalue weighted by Crippen LogP contribution is -2.08. The highest BCUT2D eigenvalue weighted by Gasteiger charge is 2.09. The topological polar surface area (TPSA) is 80.4 Å². The summed E-state index contributed by atoms with van der Waals surface area (Å²) in [7, 11) is 0. The van der Waals surface area contributed by atoms with Crippen molar-refractivity contribution >= 4 is 33.3 Å². The van der Waals surface area contributed by atoms with Crippen molar-refractivity contribution in [1.82, 2.24) is 0 Å². The van der Waals surface area contributed by atoms with Gasteiger partial charge in [0.2, 0.25) is 5.91 Å². The van der Waals surface area contributed by atoms with Gasteiger partial charge in [0.1, 0.15) is 4.88 Å². The zero-order valence-electron chi connectivity index (χ0n) is 9.27. The first-order chi connectivity index (χ1) is 8.58. The number of primary amides is 1. The van der Waals surface area contributed by atoms with Crippen molar-refractivity contribution in [1.29, 1.82) is 0 Å². The molecule has 90 valence electrons. The van der Waals surface area contributed by atoms with Crippen molar-refractivity contribution in [3.8, 4) is 11.8 Å². The van der Waals surface area contributed by atoms with E-state index in [4.69, 9.17) is 10.8 Å². The first-order valence-electron chi connectivity index (χ1n) is 5.11. The summed E-state index contributed by atoms with van der Waals surface area (Å²) in [4.78, 5) is 21.8. The molecule has 1 amide bonds. The van der Waals surface area contributed by atoms with Gasteiger partial charge in [0.15, 0.2) is 0 Å². The van der Waals surface area contributed by atoms with Crippen LogP contribution in [0.5, 0.6) is 0 Å². The maximum absolute atomic E-state index is 10.9. The van der Waals surface area contributed by atoms with Crippen LogP contribution in [0.15, 0.2) is 24.3 Å². The van der Waals surface area contributed by atoms with Crippen molar-refractivity contribution in [2.75, 3.05) is 0 Å². The summed E-state index contributed by atoms with van der Waals surface area (Å²) in [5, 5.41) is 9.73. The summed E-state index contributed by atoms with van der Waals surface area (Å²) in [6.45, 7) is 0. The van der Waals surface area contributed by atoms with Crippen molar-refractivity contribution in [2.45, 2.75) is 6.42 Å². The quantitative estimate of drug-likeness (QED) is 0.807. The molecule has 4 nitrogen and oxygen atoms in total. The second-order valence-corrected chi connectivity index (χ2v) is 4.66. The zero-order chi connectivity index (χ0) is 13.1. The van der Waals surface area contributed by atoms with Gasteiger partial charge in [-0.25, -0.2) is 4.79 Å². The molecule has 0 aliphatic rings. The monoisotopic (exact) mass is 259 g/mol. The van der Waals surface area contributed by atoms with E-state index >= 15 is 0 Å². The Morgan fingerprint density at radius 1 is 1.39 bits per heavy atom. The van der Waals surface area contributed by atoms with E-state index in [9.17, 15) is 9.59 Å². The lowest BCUT2D eigenvalue weighted by molar-refractivity contribution is -0.117. The Labute approximate surface area is 107 Å². The Kier molecular flexibility index (Phi) is 3.31. The predicted molar refractivity (Wildman–Crippen MR) is 69.5 cm³/mol. The van der Waals surface area contributed by atoms with Crippen molar-refractivity contribution in [2.24, 2.45) is 5.73 Å². The van der Waals surface area contributed by atoms with Crippen LogP contribution in [0.2, 0.25) is 0 Å². The molecule has 5 heteroatoms. The zero-order valence-corrected chi connectivity index (χ0v) is 10.1. The van der Waals surface area contributed by atoms with E-state index in [1.807, 2.05) is 6.07 Å². The molecule has 0 saturated carbocycles. The minimum Gasteiger partial charge on any atom is -0.477 e. The van der Waals surface area contributed by atoms with Gasteiger partial charge in [0.25, 0.3) is 0 Å². The van der Waals surface area contributed by atoms with E-state index in [1.54, 1.807) is 18.2 Å². The van der Waals surface area contributed by atoms with Crippen LogP contribution >= 0.6 is 11.3 Å². The summed E-state index contributed by atoms with van der Waals surface area (Å²) in [5.41, 5.74) is 5.70. The number of benzene rings is 1. The van der Waals surface area contributed by atoms with Crippen LogP contribution < -0.4 is 5.73 Å². The molecule has 0 saturated heterocycles. The lowest BCUT2D eigenvalue weighted by atomic mass is 10.1. The molecular weight excluding hydrogens is 250 g/mol. The Bertz CT molecular complexity index is 691. The second-order valence-electron chi connectivity index (χ2n) is 3.58. The molecule has 0 atom stereocenters. The first-order valence-corrected chi connectivity index (χ1v) is 5.92. The van der Waals surface area contributed by atoms with Gasteiger partial charge in [-0.05, 0) is 18.2 Å². The average Bonchev–Trinajstić information content (AvgIpc) is 2.73. The number of carboxylic acid groups (broad SMARTS) is 1. The van der Waals surface area contributed by atoms with Gasteiger partial charge in [-0.1, -0.05) is 17.9 Å². The molecule has 0 spiro atoms. The number of thiophene rings is 1. The van der Waals surface area contributed by atoms with E-state index < -0.39 is 11.9 Å². The standard InChI is InChI=1S/C13H9NO3S/c14-12(15)6-2-4-8-3-1-5-10-9(8)7-11(18-10)13(16)17/h1,3,5,7H,6H2,(H2,14,15)(H,16,17). The minimum atomic E-state index is -0.952. The van der Waals surface area contributed by atoms with Crippen LogP contribution in [0.3, 0.4) is 0 Å². The van der Waals surface area contributed by atoms with Crippen LogP contribution in [-0.2, 0) is 4.79 Å². The van der Waals surface area contributed by atoms with E-state index in [2.05, 4.69) is 11.8 Å². The number of rotatable bonds is 2. The Hall–Kier alpha value is -2.32. The third kappa shape index (κ3) is 2.50. The molecular formula is C13H9NO3S. The van der Waals surface area contributed by atoms with Crippen LogP contribution in [-0.4, -0.2) is 17.0 Å². The van der Waals surface area contributed by atoms with Crippen molar-refractivity contribution in [3.05, 3.63) is 34.7 Å². The van der Waals surface area contributed by atoms with Crippen molar-refractivity contribution in [3.63, 3.8) is 0 Å². The molecule has 0 radical (unpaired) electrons. The van der Waals surface area contributed by atoms with Gasteiger partial charge in [-0.3, -0.25) is 4.79 Å². The van der Waals surface area contributed by atoms with Crippen LogP contribution in [0.25, 0.3) is 10.1 Å². The van der Waals surface area contributed by atoms with Gasteiger partial charge in [0, 0.05) is 15.6 Å². The highest BCUT2D eigenvalue weighted by Crippen LogP contribution is 2.27. The van der Waals surface area contributed by atoms with Crippen molar-refractivity contribution < 1.29 is 14.7 Å². The second kappa shape index (κ2) is 4.90. The Balaban J connectivity index is 2.46. The molecule has 1 heterocycles. The number of fused-ring (bicyclic) bond motifs is 1. The maximum atomic E-state index is 10.9. The summed E-state index contributed by atoms with van der Waals surface area (Å²) in [5.74, 6) is 4.07. The van der Waals surface area contributed by atoms with Crippen LogP contribution in [0.1, 0.15) is 21.7 Å². The minimum absolute atomic E-state index is 0.00763. The highest BCUT2D eigenvalue weighted by atomic mass is 32.1. The number of carbonyl (C=O) groups is 2. The predicted octanol–water partition coefficient (Wildman–Crippen LogP) is 1.83. The largest absolute Gasteiger partial charge is 0.477 e. The van der Waals surface area contributed by atoms with Gasteiger partial charge in [0.05, 0.1) is 6.42 Å². The normalized spacial score (nSPS) is 9.78. The van der Waals surface area contributed by atoms with Crippen LogP contribution in [0.4, 0.5) is 0 Å². The molecule has 1 aromatic heterocycles. The number of carbonyl (C=O) groups excluding carboxylic acids is 1. The van der Waals surface area contributed by atoms with Crippen LogP contribution in [0, 0.1) is 11.8 Å². The number of nitrogens with two attached hydrogens (primary N) is 1. The van der Waals surface area contributed by atoms with Gasteiger partial charge < -0.3 is 10.8 Å². The molecule has 2 rings (SSSR count). The SMILES string of the molecule is NC(=O)CC#Cc1cccc2sc(C(=O)O)cc12. The Morgan fingerprint density at radius 2 is 2.17 bits per heavy atom. The molecule has 1 aromatic carbocycles. The third-order valence-corrected chi connectivity index (χ3v) is 3.35. The summed E-state index contributed by atoms with van der Waals surface area (Å²) in [6.07, 6.45) is -0.00763. The van der Waals surface area contributed by atoms with Gasteiger partial charge in [-0.15, -0.1) is 11.3 Å². The number of carboxylic acids is 1. The molecule has 0 bridgehead atoms. The third-order valence-electron chi connectivity index (χ3n) is 2.26. The number of hydrogen-bond acceptors (Lipinski definition) is 3. The number of amides is 1. The first kappa shape index (κ1) is 12.1. The van der Waals surface area contributed by atoms with E-state index in [0.717, 1.165) is 10.1 Å². The lowest BCUT2D eigenvalue weighted by Gasteiger charge is -1.92. The molecule has 2 aromatic rings. The van der Waals surface area contributed by atoms with Gasteiger partial charge in [-0.2, -0.15) is 0 Å². The molecule has 0 unspecified atom stereocenters. The number of hydrogen-bond donors (Lipinski definition) is 2. The van der Waals surface area contributed by atoms with E-state index in [1.165, 1.54) is 11.3 Å². The highest BCUT2D eigenvalue weighted by molar-refractivity contribution is 7.20. The fourth-order valence-corrected chi connectivity index (χ4v) is 2.43. The molecule has 0 aliphatic heterocycles. The maximum Gasteiger partial charge on any atom is 0.345 e. The summed E-state index contributed by atoms with van der Waals surface area (Å²) < 4.78 is 0.860. The summed E-state index contributed by atoms with van der Waals surface area (Å²) in [6, 6.07) is 7.02. The smallest absolute Gasteiger partial charge is 0.345 e. The number of aromatic carboxylic acids is 1. The Morgan fingerprint density at radius 3 is 2.83 bits per heavy atom. The van der Waals surface area contributed by atoms with E-state index in [-0.39, 0.29) is 11.3 Å². The molecule has 3 N–H and O–H groups in total. The molecule has 18 heavy (non-hydrogen) atoms. The average molecular weight is 259 g/mol. The summed E-state index contributed by atoms with van der Waals surface area (Å²) >= 11 is 1.20. The molecule has 0 fully saturated rings.